The molecule has 2 heterocycles. The van der Waals surface area contributed by atoms with Crippen molar-refractivity contribution in [2.45, 2.75) is 25.3 Å². The molecule has 1 unspecified atom stereocenters. The van der Waals surface area contributed by atoms with E-state index in [-0.39, 0.29) is 17.2 Å². The molecule has 108 valence electrons. The van der Waals surface area contributed by atoms with Crippen LogP contribution >= 0.6 is 0 Å². The van der Waals surface area contributed by atoms with Gasteiger partial charge in [0, 0.05) is 31.7 Å². The molecule has 1 aromatic carbocycles. The van der Waals surface area contributed by atoms with Gasteiger partial charge in [0.25, 0.3) is 5.91 Å². The molecule has 0 aliphatic carbocycles. The van der Waals surface area contributed by atoms with Crippen molar-refractivity contribution in [3.8, 4) is 5.75 Å². The number of hydrogen-bond donors (Lipinski definition) is 1. The average molecular weight is 278 g/mol. The number of hydrogen-bond acceptors (Lipinski definition) is 3. The zero-order chi connectivity index (χ0) is 14.1. The molecule has 1 aromatic rings. The van der Waals surface area contributed by atoms with Gasteiger partial charge in [-0.1, -0.05) is 6.42 Å². The maximum atomic E-state index is 13.8. The van der Waals surface area contributed by atoms with Crippen molar-refractivity contribution >= 4 is 5.91 Å². The predicted molar refractivity (Wildman–Crippen MR) is 73.2 cm³/mol. The Hall–Kier alpha value is -1.62. The Kier molecular flexibility index (Phi) is 3.61. The molecule has 2 saturated heterocycles. The molecule has 5 heteroatoms. The molecular formula is C15H19FN2O2. The summed E-state index contributed by atoms with van der Waals surface area (Å²) in [5.74, 6) is -1.08. The lowest BCUT2D eigenvalue weighted by Crippen LogP contribution is -2.56. The fourth-order valence-electron chi connectivity index (χ4n) is 3.19. The van der Waals surface area contributed by atoms with Crippen molar-refractivity contribution in [3.05, 3.63) is 29.6 Å². The third kappa shape index (κ3) is 2.50. The standard InChI is InChI=1S/C15H19FN2O2/c16-14-9-12(19)4-5-13(14)15(20)18-8-7-17-6-2-1-3-11(17)10-18/h4-5,9,11,19H,1-3,6-8,10H2. The van der Waals surface area contributed by atoms with E-state index < -0.39 is 5.82 Å². The van der Waals surface area contributed by atoms with Gasteiger partial charge < -0.3 is 10.0 Å². The summed E-state index contributed by atoms with van der Waals surface area (Å²) in [6, 6.07) is 4.12. The number of piperazine rings is 1. The number of amides is 1. The van der Waals surface area contributed by atoms with Gasteiger partial charge in [-0.15, -0.1) is 0 Å². The van der Waals surface area contributed by atoms with E-state index in [0.29, 0.717) is 19.1 Å². The highest BCUT2D eigenvalue weighted by Gasteiger charge is 2.32. The van der Waals surface area contributed by atoms with E-state index in [4.69, 9.17) is 0 Å². The quantitative estimate of drug-likeness (QED) is 0.852. The van der Waals surface area contributed by atoms with E-state index >= 15 is 0 Å². The predicted octanol–water partition coefficient (Wildman–Crippen LogP) is 1.84. The molecule has 2 fully saturated rings. The maximum Gasteiger partial charge on any atom is 0.256 e. The third-order valence-corrected chi connectivity index (χ3v) is 4.31. The fourth-order valence-corrected chi connectivity index (χ4v) is 3.19. The molecule has 1 N–H and O–H groups in total. The number of halogens is 1. The average Bonchev–Trinajstić information content (AvgIpc) is 2.46. The molecule has 1 atom stereocenters. The van der Waals surface area contributed by atoms with E-state index in [1.165, 1.54) is 25.0 Å². The van der Waals surface area contributed by atoms with Crippen LogP contribution in [0.15, 0.2) is 18.2 Å². The van der Waals surface area contributed by atoms with Crippen molar-refractivity contribution in [1.82, 2.24) is 9.80 Å². The second-order valence-electron chi connectivity index (χ2n) is 5.60. The summed E-state index contributed by atoms with van der Waals surface area (Å²) in [6.07, 6.45) is 3.55. The highest BCUT2D eigenvalue weighted by Crippen LogP contribution is 2.23. The summed E-state index contributed by atoms with van der Waals surface area (Å²) in [5.41, 5.74) is 0.0482. The van der Waals surface area contributed by atoms with Crippen molar-refractivity contribution < 1.29 is 14.3 Å². The second-order valence-corrected chi connectivity index (χ2v) is 5.60. The zero-order valence-electron chi connectivity index (χ0n) is 11.4. The minimum absolute atomic E-state index is 0.0482. The molecule has 4 nitrogen and oxygen atoms in total. The molecule has 3 rings (SSSR count). The number of phenolic OH excluding ortho intramolecular Hbond substituents is 1. The number of carbonyl (C=O) groups is 1. The van der Waals surface area contributed by atoms with Crippen LogP contribution < -0.4 is 0 Å². The summed E-state index contributed by atoms with van der Waals surface area (Å²) in [5, 5.41) is 9.21. The number of rotatable bonds is 1. The van der Waals surface area contributed by atoms with Crippen LogP contribution in [0.2, 0.25) is 0 Å². The molecule has 2 aliphatic heterocycles. The van der Waals surface area contributed by atoms with Gasteiger partial charge in [-0.25, -0.2) is 4.39 Å². The molecule has 1 amide bonds. The van der Waals surface area contributed by atoms with E-state index in [1.54, 1.807) is 4.90 Å². The minimum atomic E-state index is -0.652. The topological polar surface area (TPSA) is 43.8 Å². The third-order valence-electron chi connectivity index (χ3n) is 4.31. The van der Waals surface area contributed by atoms with Crippen molar-refractivity contribution in [2.24, 2.45) is 0 Å². The molecule has 20 heavy (non-hydrogen) atoms. The molecule has 0 bridgehead atoms. The first-order valence-electron chi connectivity index (χ1n) is 7.17. The van der Waals surface area contributed by atoms with Crippen molar-refractivity contribution in [3.63, 3.8) is 0 Å². The van der Waals surface area contributed by atoms with E-state index in [1.807, 2.05) is 0 Å². The van der Waals surface area contributed by atoms with Gasteiger partial charge in [0.05, 0.1) is 5.56 Å². The maximum absolute atomic E-state index is 13.8. The van der Waals surface area contributed by atoms with Gasteiger partial charge >= 0.3 is 0 Å². The van der Waals surface area contributed by atoms with Gasteiger partial charge in [0.2, 0.25) is 0 Å². The normalized spacial score (nSPS) is 23.4. The van der Waals surface area contributed by atoms with Crippen LogP contribution in [0.4, 0.5) is 4.39 Å². The fraction of sp³-hybridized carbons (Fsp3) is 0.533. The summed E-state index contributed by atoms with van der Waals surface area (Å²) in [6.45, 7) is 3.31. The number of phenols is 1. The Labute approximate surface area is 117 Å². The first kappa shape index (κ1) is 13.4. The molecule has 0 spiro atoms. The van der Waals surface area contributed by atoms with Crippen LogP contribution in [-0.4, -0.2) is 53.0 Å². The summed E-state index contributed by atoms with van der Waals surface area (Å²) < 4.78 is 13.8. The lowest BCUT2D eigenvalue weighted by atomic mass is 9.99. The van der Waals surface area contributed by atoms with Crippen LogP contribution in [0, 0.1) is 5.82 Å². The van der Waals surface area contributed by atoms with Crippen LogP contribution in [-0.2, 0) is 0 Å². The number of fused-ring (bicyclic) bond motifs is 1. The van der Waals surface area contributed by atoms with Crippen LogP contribution in [0.1, 0.15) is 29.6 Å². The van der Waals surface area contributed by atoms with Crippen LogP contribution in [0.3, 0.4) is 0 Å². The van der Waals surface area contributed by atoms with Gasteiger partial charge in [0.15, 0.2) is 0 Å². The number of piperidine rings is 1. The van der Waals surface area contributed by atoms with Crippen molar-refractivity contribution in [2.75, 3.05) is 26.2 Å². The van der Waals surface area contributed by atoms with E-state index in [0.717, 1.165) is 25.6 Å². The molecule has 0 saturated carbocycles. The highest BCUT2D eigenvalue weighted by atomic mass is 19.1. The Morgan fingerprint density at radius 3 is 2.90 bits per heavy atom. The van der Waals surface area contributed by atoms with Gasteiger partial charge in [0.1, 0.15) is 11.6 Å². The number of nitrogens with zero attached hydrogens (tertiary/aromatic N) is 2. The van der Waals surface area contributed by atoms with Crippen molar-refractivity contribution in [1.29, 1.82) is 0 Å². The zero-order valence-corrected chi connectivity index (χ0v) is 11.4. The summed E-state index contributed by atoms with van der Waals surface area (Å²) in [7, 11) is 0. The second kappa shape index (κ2) is 5.40. The molecule has 2 aliphatic rings. The highest BCUT2D eigenvalue weighted by molar-refractivity contribution is 5.94. The van der Waals surface area contributed by atoms with E-state index in [2.05, 4.69) is 4.90 Å². The summed E-state index contributed by atoms with van der Waals surface area (Å²) in [4.78, 5) is 16.6. The van der Waals surface area contributed by atoms with Crippen LogP contribution in [0.5, 0.6) is 5.75 Å². The number of aromatic hydroxyl groups is 1. The SMILES string of the molecule is O=C(c1ccc(O)cc1F)N1CCN2CCCCC2C1. The smallest absolute Gasteiger partial charge is 0.256 e. The number of carbonyl (C=O) groups excluding carboxylic acids is 1. The van der Waals surface area contributed by atoms with Crippen LogP contribution in [0.25, 0.3) is 0 Å². The Bertz CT molecular complexity index is 521. The Balaban J connectivity index is 1.74. The largest absolute Gasteiger partial charge is 0.508 e. The molecule has 0 radical (unpaired) electrons. The lowest BCUT2D eigenvalue weighted by molar-refractivity contribution is 0.0369. The first-order valence-corrected chi connectivity index (χ1v) is 7.17. The molecule has 0 aromatic heterocycles. The first-order chi connectivity index (χ1) is 9.65. The van der Waals surface area contributed by atoms with Gasteiger partial charge in [-0.05, 0) is 31.5 Å². The monoisotopic (exact) mass is 278 g/mol. The Morgan fingerprint density at radius 2 is 2.10 bits per heavy atom. The van der Waals surface area contributed by atoms with Gasteiger partial charge in [-0.2, -0.15) is 0 Å². The number of benzene rings is 1. The van der Waals surface area contributed by atoms with E-state index in [9.17, 15) is 14.3 Å². The summed E-state index contributed by atoms with van der Waals surface area (Å²) >= 11 is 0. The minimum Gasteiger partial charge on any atom is -0.508 e. The lowest BCUT2D eigenvalue weighted by Gasteiger charge is -2.44. The van der Waals surface area contributed by atoms with Gasteiger partial charge in [-0.3, -0.25) is 9.69 Å². The Morgan fingerprint density at radius 1 is 1.25 bits per heavy atom. The molecular weight excluding hydrogens is 259 g/mol.